The Hall–Kier alpha value is -2.30. The number of aldehydes is 1. The van der Waals surface area contributed by atoms with Crippen molar-refractivity contribution in [2.24, 2.45) is 23.7 Å². The minimum Gasteiger partial charge on any atom is -0.382 e. The third-order valence-electron chi connectivity index (χ3n) is 7.15. The van der Waals surface area contributed by atoms with Gasteiger partial charge in [-0.1, -0.05) is 56.7 Å². The molecule has 0 saturated heterocycles. The van der Waals surface area contributed by atoms with Crippen LogP contribution < -0.4 is 0 Å². The highest BCUT2D eigenvalue weighted by Gasteiger charge is 2.52. The molecule has 0 radical (unpaired) electrons. The summed E-state index contributed by atoms with van der Waals surface area (Å²) in [6.07, 6.45) is 8.01. The smallest absolute Gasteiger partial charge is 0.151 e. The minimum atomic E-state index is -1.38. The Labute approximate surface area is 186 Å². The molecule has 4 heteroatoms. The van der Waals surface area contributed by atoms with Gasteiger partial charge in [0.15, 0.2) is 6.29 Å². The number of aliphatic hydroxyl groups is 1. The first-order chi connectivity index (χ1) is 14.8. The fourth-order valence-corrected chi connectivity index (χ4v) is 5.48. The van der Waals surface area contributed by atoms with E-state index in [1.807, 2.05) is 37.4 Å². The van der Waals surface area contributed by atoms with Gasteiger partial charge >= 0.3 is 0 Å². The van der Waals surface area contributed by atoms with Gasteiger partial charge in [0.2, 0.25) is 0 Å². The Bertz CT molecular complexity index is 907. The zero-order chi connectivity index (χ0) is 22.6. The van der Waals surface area contributed by atoms with Crippen molar-refractivity contribution < 1.29 is 14.6 Å². The van der Waals surface area contributed by atoms with Gasteiger partial charge in [0.25, 0.3) is 0 Å². The SMILES string of the molecule is CC[C@@H]1C(C)CC(O)(C=O)C(C(C)OC)C1/C=C/c1ccc(-c2ccccc2C)cn1. The van der Waals surface area contributed by atoms with Crippen molar-refractivity contribution in [3.05, 3.63) is 59.9 Å². The predicted octanol–water partition coefficient (Wildman–Crippen LogP) is 5.33. The molecule has 0 amide bonds. The molecule has 6 atom stereocenters. The zero-order valence-electron chi connectivity index (χ0n) is 19.3. The summed E-state index contributed by atoms with van der Waals surface area (Å²) in [4.78, 5) is 16.6. The van der Waals surface area contributed by atoms with Gasteiger partial charge in [-0.15, -0.1) is 0 Å². The second-order valence-electron chi connectivity index (χ2n) is 9.05. The van der Waals surface area contributed by atoms with E-state index in [9.17, 15) is 9.90 Å². The number of hydrogen-bond acceptors (Lipinski definition) is 4. The maximum atomic E-state index is 11.9. The molecular formula is C27H35NO3. The molecule has 4 nitrogen and oxygen atoms in total. The van der Waals surface area contributed by atoms with Crippen molar-refractivity contribution in [2.75, 3.05) is 7.11 Å². The van der Waals surface area contributed by atoms with Gasteiger partial charge < -0.3 is 14.6 Å². The number of aromatic nitrogens is 1. The van der Waals surface area contributed by atoms with Gasteiger partial charge in [0, 0.05) is 24.8 Å². The van der Waals surface area contributed by atoms with E-state index in [1.54, 1.807) is 7.11 Å². The molecule has 1 aliphatic carbocycles. The third kappa shape index (κ3) is 4.81. The van der Waals surface area contributed by atoms with Gasteiger partial charge in [0.1, 0.15) is 5.60 Å². The summed E-state index contributed by atoms with van der Waals surface area (Å²) >= 11 is 0. The van der Waals surface area contributed by atoms with E-state index in [4.69, 9.17) is 4.74 Å². The Morgan fingerprint density at radius 3 is 2.61 bits per heavy atom. The summed E-state index contributed by atoms with van der Waals surface area (Å²) in [7, 11) is 1.64. The number of carbonyl (C=O) groups is 1. The number of ether oxygens (including phenoxy) is 1. The first-order valence-corrected chi connectivity index (χ1v) is 11.3. The average Bonchev–Trinajstić information content (AvgIpc) is 2.78. The number of pyridine rings is 1. The van der Waals surface area contributed by atoms with Crippen molar-refractivity contribution in [3.8, 4) is 11.1 Å². The maximum Gasteiger partial charge on any atom is 0.151 e. The zero-order valence-corrected chi connectivity index (χ0v) is 19.3. The Balaban J connectivity index is 1.91. The second-order valence-corrected chi connectivity index (χ2v) is 9.05. The van der Waals surface area contributed by atoms with Crippen LogP contribution >= 0.6 is 0 Å². The normalized spacial score (nSPS) is 29.7. The van der Waals surface area contributed by atoms with Crippen molar-refractivity contribution >= 4 is 12.4 Å². The monoisotopic (exact) mass is 421 g/mol. The molecule has 166 valence electrons. The topological polar surface area (TPSA) is 59.4 Å². The first kappa shape index (κ1) is 23.4. The molecule has 1 aliphatic rings. The summed E-state index contributed by atoms with van der Waals surface area (Å²) < 4.78 is 5.60. The molecule has 1 saturated carbocycles. The van der Waals surface area contributed by atoms with E-state index >= 15 is 0 Å². The molecule has 3 rings (SSSR count). The molecule has 1 N–H and O–H groups in total. The van der Waals surface area contributed by atoms with Crippen LogP contribution in [-0.4, -0.2) is 35.2 Å². The minimum absolute atomic E-state index is 0.0248. The van der Waals surface area contributed by atoms with Crippen LogP contribution in [0.1, 0.15) is 44.9 Å². The Kier molecular flexibility index (Phi) is 7.45. The predicted molar refractivity (Wildman–Crippen MR) is 125 cm³/mol. The van der Waals surface area contributed by atoms with Crippen LogP contribution in [0, 0.1) is 30.6 Å². The highest BCUT2D eigenvalue weighted by atomic mass is 16.5. The van der Waals surface area contributed by atoms with E-state index < -0.39 is 5.60 Å². The van der Waals surface area contributed by atoms with Crippen LogP contribution in [0.25, 0.3) is 17.2 Å². The van der Waals surface area contributed by atoms with Crippen LogP contribution in [0.2, 0.25) is 0 Å². The molecule has 0 spiro atoms. The van der Waals surface area contributed by atoms with Crippen molar-refractivity contribution in [1.29, 1.82) is 0 Å². The number of hydrogen-bond donors (Lipinski definition) is 1. The van der Waals surface area contributed by atoms with Crippen LogP contribution in [0.5, 0.6) is 0 Å². The lowest BCUT2D eigenvalue weighted by Gasteiger charge is -2.50. The van der Waals surface area contributed by atoms with Gasteiger partial charge in [-0.2, -0.15) is 0 Å². The second kappa shape index (κ2) is 9.88. The van der Waals surface area contributed by atoms with Crippen LogP contribution in [0.3, 0.4) is 0 Å². The third-order valence-corrected chi connectivity index (χ3v) is 7.15. The number of allylic oxidation sites excluding steroid dienone is 1. The van der Waals surface area contributed by atoms with Gasteiger partial charge in [-0.3, -0.25) is 4.98 Å². The van der Waals surface area contributed by atoms with Crippen molar-refractivity contribution in [1.82, 2.24) is 4.98 Å². The fraction of sp³-hybridized carbons (Fsp3) is 0.481. The quantitative estimate of drug-likeness (QED) is 0.614. The number of aryl methyl sites for hydroxylation is 1. The highest BCUT2D eigenvalue weighted by molar-refractivity contribution is 5.67. The molecule has 1 heterocycles. The van der Waals surface area contributed by atoms with Gasteiger partial charge in [-0.25, -0.2) is 0 Å². The summed E-state index contributed by atoms with van der Waals surface area (Å²) in [6.45, 7) is 8.35. The molecule has 0 bridgehead atoms. The molecule has 1 aromatic heterocycles. The fourth-order valence-electron chi connectivity index (χ4n) is 5.48. The van der Waals surface area contributed by atoms with E-state index in [0.29, 0.717) is 12.3 Å². The molecule has 1 fully saturated rings. The molecule has 1 aromatic carbocycles. The van der Waals surface area contributed by atoms with Gasteiger partial charge in [-0.05, 0) is 61.3 Å². The van der Waals surface area contributed by atoms with Crippen LogP contribution in [-0.2, 0) is 9.53 Å². The van der Waals surface area contributed by atoms with Crippen molar-refractivity contribution in [2.45, 2.75) is 52.2 Å². The summed E-state index contributed by atoms with van der Waals surface area (Å²) in [5, 5.41) is 11.2. The average molecular weight is 422 g/mol. The lowest BCUT2D eigenvalue weighted by molar-refractivity contribution is -0.159. The van der Waals surface area contributed by atoms with E-state index in [2.05, 4.69) is 50.0 Å². The first-order valence-electron chi connectivity index (χ1n) is 11.3. The highest BCUT2D eigenvalue weighted by Crippen LogP contribution is 2.48. The summed E-state index contributed by atoms with van der Waals surface area (Å²) in [5.41, 5.74) is 2.98. The largest absolute Gasteiger partial charge is 0.382 e. The molecular weight excluding hydrogens is 386 g/mol. The van der Waals surface area contributed by atoms with Crippen LogP contribution in [0.4, 0.5) is 0 Å². The van der Waals surface area contributed by atoms with E-state index in [1.165, 1.54) is 11.1 Å². The maximum absolute atomic E-state index is 11.9. The number of carbonyl (C=O) groups excluding carboxylic acids is 1. The molecule has 5 unspecified atom stereocenters. The van der Waals surface area contributed by atoms with Crippen LogP contribution in [0.15, 0.2) is 48.7 Å². The molecule has 31 heavy (non-hydrogen) atoms. The number of rotatable bonds is 7. The lowest BCUT2D eigenvalue weighted by atomic mass is 9.58. The van der Waals surface area contributed by atoms with Gasteiger partial charge in [0.05, 0.1) is 11.8 Å². The lowest BCUT2D eigenvalue weighted by Crippen LogP contribution is -2.56. The standard InChI is InChI=1S/C27H35NO3/c1-6-23-19(3)15-27(30,17-29)26(20(4)31-5)25(23)14-13-22-12-11-21(16-28-22)24-10-8-7-9-18(24)2/h7-14,16-17,19-20,23,25-26,30H,6,15H2,1-5H3/b14-13+/t19?,20?,23-,25?,26?,27?/m1/s1. The Morgan fingerprint density at radius 2 is 2.03 bits per heavy atom. The van der Waals surface area contributed by atoms with E-state index in [0.717, 1.165) is 24.0 Å². The molecule has 2 aromatic rings. The summed E-state index contributed by atoms with van der Waals surface area (Å²) in [5.74, 6) is 0.340. The van der Waals surface area contributed by atoms with E-state index in [-0.39, 0.29) is 23.9 Å². The number of nitrogens with zero attached hydrogens (tertiary/aromatic N) is 1. The Morgan fingerprint density at radius 1 is 1.29 bits per heavy atom. The van der Waals surface area contributed by atoms with Crippen molar-refractivity contribution in [3.63, 3.8) is 0 Å². The summed E-state index contributed by atoms with van der Waals surface area (Å²) in [6, 6.07) is 12.4. The number of benzene rings is 1. The molecule has 0 aliphatic heterocycles. The number of methoxy groups -OCH3 is 1.